The fourth-order valence-corrected chi connectivity index (χ4v) is 1.29. The van der Waals surface area contributed by atoms with Gasteiger partial charge in [0.15, 0.2) is 0 Å². The van der Waals surface area contributed by atoms with Gasteiger partial charge in [0.05, 0.1) is 13.2 Å². The Kier molecular flexibility index (Phi) is 3.59. The number of ether oxygens (including phenoxy) is 1. The van der Waals surface area contributed by atoms with Crippen molar-refractivity contribution >= 4 is 33.8 Å². The van der Waals surface area contributed by atoms with Gasteiger partial charge in [0.25, 0.3) is 0 Å². The van der Waals surface area contributed by atoms with Crippen LogP contribution in [-0.4, -0.2) is 47.8 Å². The van der Waals surface area contributed by atoms with E-state index in [1.807, 2.05) is 0 Å². The number of rotatable bonds is 3. The molecule has 1 rings (SSSR count). The van der Waals surface area contributed by atoms with Gasteiger partial charge < -0.3 is 9.84 Å². The minimum atomic E-state index is -1.04. The van der Waals surface area contributed by atoms with Crippen LogP contribution in [0.1, 0.15) is 0 Å². The van der Waals surface area contributed by atoms with Crippen LogP contribution in [0.15, 0.2) is 4.99 Å². The molecule has 6 nitrogen and oxygen atoms in total. The lowest BCUT2D eigenvalue weighted by Gasteiger charge is -2.28. The first-order valence-electron chi connectivity index (χ1n) is 3.82. The van der Waals surface area contributed by atoms with Crippen LogP contribution in [0.2, 0.25) is 0 Å². The van der Waals surface area contributed by atoms with Crippen LogP contribution in [0.3, 0.4) is 0 Å². The summed E-state index contributed by atoms with van der Waals surface area (Å²) >= 11 is 2.85. The molecule has 0 saturated carbocycles. The largest absolute Gasteiger partial charge is 0.860 e. The first-order chi connectivity index (χ1) is 6.57. The average molecular weight is 264 g/mol. The van der Waals surface area contributed by atoms with Crippen molar-refractivity contribution in [2.75, 3.05) is 20.3 Å². The van der Waals surface area contributed by atoms with E-state index in [1.54, 1.807) is 0 Å². The number of halogens is 1. The lowest BCUT2D eigenvalue weighted by Crippen LogP contribution is -2.51. The van der Waals surface area contributed by atoms with E-state index < -0.39 is 22.7 Å². The smallest absolute Gasteiger partial charge is 0.349 e. The third-order valence-corrected chi connectivity index (χ3v) is 2.44. The molecule has 0 N–H and O–H groups in total. The Morgan fingerprint density at radius 1 is 1.64 bits per heavy atom. The summed E-state index contributed by atoms with van der Waals surface area (Å²) in [5, 5.41) is 10.9. The Morgan fingerprint density at radius 3 is 2.86 bits per heavy atom. The molecule has 0 aromatic rings. The molecule has 78 valence electrons. The average Bonchev–Trinajstić information content (AvgIpc) is 2.14. The highest BCUT2D eigenvalue weighted by molar-refractivity contribution is 9.10. The number of aliphatic imine (C=N–C) groups is 1. The van der Waals surface area contributed by atoms with Gasteiger partial charge in [0.1, 0.15) is 4.83 Å². The van der Waals surface area contributed by atoms with E-state index in [4.69, 9.17) is 4.74 Å². The van der Waals surface area contributed by atoms with Crippen molar-refractivity contribution in [3.8, 4) is 0 Å². The van der Waals surface area contributed by atoms with Gasteiger partial charge in [-0.05, 0) is 5.90 Å². The maximum Gasteiger partial charge on any atom is 0.349 e. The van der Waals surface area contributed by atoms with Gasteiger partial charge in [-0.2, -0.15) is 0 Å². The van der Waals surface area contributed by atoms with E-state index in [9.17, 15) is 14.7 Å². The SMILES string of the molecule is COCCN1C(=O)N=C([O-])C(Br)C1=O. The summed E-state index contributed by atoms with van der Waals surface area (Å²) in [5.74, 6) is -1.35. The molecular formula is C7H8BrN2O4-. The zero-order valence-electron chi connectivity index (χ0n) is 7.40. The molecule has 0 saturated heterocycles. The van der Waals surface area contributed by atoms with Crippen molar-refractivity contribution in [2.45, 2.75) is 4.83 Å². The lowest BCUT2D eigenvalue weighted by molar-refractivity contribution is -0.218. The Hall–Kier alpha value is -0.950. The monoisotopic (exact) mass is 263 g/mol. The molecule has 1 unspecified atom stereocenters. The highest BCUT2D eigenvalue weighted by atomic mass is 79.9. The highest BCUT2D eigenvalue weighted by Gasteiger charge is 2.31. The van der Waals surface area contributed by atoms with Crippen LogP contribution in [0.5, 0.6) is 0 Å². The summed E-state index contributed by atoms with van der Waals surface area (Å²) in [6.07, 6.45) is 0. The molecule has 0 aromatic heterocycles. The van der Waals surface area contributed by atoms with Crippen molar-refractivity contribution in [2.24, 2.45) is 4.99 Å². The van der Waals surface area contributed by atoms with E-state index in [0.717, 1.165) is 4.90 Å². The van der Waals surface area contributed by atoms with Gasteiger partial charge in [0, 0.05) is 7.11 Å². The number of hydrogen-bond donors (Lipinski definition) is 0. The molecule has 7 heteroatoms. The number of imide groups is 1. The second-order valence-electron chi connectivity index (χ2n) is 2.58. The molecule has 0 radical (unpaired) electrons. The van der Waals surface area contributed by atoms with Crippen LogP contribution < -0.4 is 5.11 Å². The van der Waals surface area contributed by atoms with E-state index in [2.05, 4.69) is 20.9 Å². The second-order valence-corrected chi connectivity index (χ2v) is 3.49. The molecule has 14 heavy (non-hydrogen) atoms. The number of alkyl halides is 1. The normalized spacial score (nSPS) is 22.6. The van der Waals surface area contributed by atoms with Crippen LogP contribution in [0.25, 0.3) is 0 Å². The fraction of sp³-hybridized carbons (Fsp3) is 0.571. The van der Waals surface area contributed by atoms with Gasteiger partial charge in [-0.1, -0.05) is 15.9 Å². The third kappa shape index (κ3) is 2.10. The minimum Gasteiger partial charge on any atom is -0.860 e. The van der Waals surface area contributed by atoms with Gasteiger partial charge in [-0.3, -0.25) is 9.69 Å². The molecule has 0 aliphatic carbocycles. The summed E-state index contributed by atoms with van der Waals surface area (Å²) in [5.41, 5.74) is 0. The molecule has 3 amide bonds. The van der Waals surface area contributed by atoms with Crippen molar-refractivity contribution in [3.63, 3.8) is 0 Å². The Labute approximate surface area is 88.7 Å². The van der Waals surface area contributed by atoms with E-state index in [0.29, 0.717) is 0 Å². The molecule has 0 spiro atoms. The summed E-state index contributed by atoms with van der Waals surface area (Å²) < 4.78 is 4.72. The fourth-order valence-electron chi connectivity index (χ4n) is 0.936. The second kappa shape index (κ2) is 4.52. The highest BCUT2D eigenvalue weighted by Crippen LogP contribution is 2.12. The van der Waals surface area contributed by atoms with Crippen molar-refractivity contribution in [3.05, 3.63) is 0 Å². The molecule has 0 bridgehead atoms. The number of nitrogens with zero attached hydrogens (tertiary/aromatic N) is 2. The molecule has 0 aromatic carbocycles. The number of methoxy groups -OCH3 is 1. The standard InChI is InChI=1S/C7H9BrN2O4/c1-14-3-2-10-6(12)4(8)5(11)9-7(10)13/h4H,2-3H2,1H3,(H,9,11,13)/p-1. The van der Waals surface area contributed by atoms with Crippen LogP contribution >= 0.6 is 15.9 Å². The summed E-state index contributed by atoms with van der Waals surface area (Å²) in [6, 6.07) is -0.826. The topological polar surface area (TPSA) is 82.0 Å². The zero-order chi connectivity index (χ0) is 10.7. The molecular weight excluding hydrogens is 256 g/mol. The van der Waals surface area contributed by atoms with Gasteiger partial charge >= 0.3 is 6.03 Å². The number of hydrogen-bond acceptors (Lipinski definition) is 4. The molecule has 1 aliphatic rings. The number of carbonyl (C=O) groups is 2. The third-order valence-electron chi connectivity index (χ3n) is 1.66. The van der Waals surface area contributed by atoms with E-state index >= 15 is 0 Å². The number of carbonyl (C=O) groups excluding carboxylic acids is 2. The molecule has 0 fully saturated rings. The first kappa shape index (κ1) is 11.1. The Morgan fingerprint density at radius 2 is 2.29 bits per heavy atom. The quantitative estimate of drug-likeness (QED) is 0.619. The summed E-state index contributed by atoms with van der Waals surface area (Å²) in [7, 11) is 1.45. The van der Waals surface area contributed by atoms with Crippen molar-refractivity contribution in [1.82, 2.24) is 4.90 Å². The van der Waals surface area contributed by atoms with Gasteiger partial charge in [-0.25, -0.2) is 9.79 Å². The lowest BCUT2D eigenvalue weighted by atomic mass is 10.3. The predicted octanol–water partition coefficient (Wildman–Crippen LogP) is -0.883. The molecule has 1 atom stereocenters. The van der Waals surface area contributed by atoms with Crippen LogP contribution in [0, 0.1) is 0 Å². The number of urea groups is 1. The maximum absolute atomic E-state index is 11.4. The van der Waals surface area contributed by atoms with Gasteiger partial charge in [0.2, 0.25) is 5.91 Å². The molecule has 1 aliphatic heterocycles. The van der Waals surface area contributed by atoms with E-state index in [-0.39, 0.29) is 13.2 Å². The Bertz CT molecular complexity index is 291. The summed E-state index contributed by atoms with van der Waals surface area (Å²) in [4.78, 5) is 25.5. The maximum atomic E-state index is 11.4. The zero-order valence-corrected chi connectivity index (χ0v) is 8.98. The minimum absolute atomic E-state index is 0.104. The van der Waals surface area contributed by atoms with Gasteiger partial charge in [-0.15, -0.1) is 0 Å². The van der Waals surface area contributed by atoms with Crippen molar-refractivity contribution in [1.29, 1.82) is 0 Å². The van der Waals surface area contributed by atoms with Crippen LogP contribution in [0.4, 0.5) is 4.79 Å². The number of amides is 3. The van der Waals surface area contributed by atoms with Crippen LogP contribution in [-0.2, 0) is 9.53 Å². The Balaban J connectivity index is 2.77. The molecule has 1 heterocycles. The van der Waals surface area contributed by atoms with Crippen molar-refractivity contribution < 1.29 is 19.4 Å². The first-order valence-corrected chi connectivity index (χ1v) is 4.73. The summed E-state index contributed by atoms with van der Waals surface area (Å²) in [6.45, 7) is 0.327. The van der Waals surface area contributed by atoms with E-state index in [1.165, 1.54) is 7.11 Å². The predicted molar refractivity (Wildman–Crippen MR) is 49.1 cm³/mol.